The molecule has 0 saturated heterocycles. The summed E-state index contributed by atoms with van der Waals surface area (Å²) in [6.07, 6.45) is 0. The molecule has 4 aromatic rings. The second-order valence-electron chi connectivity index (χ2n) is 7.53. The number of carbonyl (C=O) groups is 1. The van der Waals surface area contributed by atoms with Gasteiger partial charge in [0.15, 0.2) is 0 Å². The highest BCUT2D eigenvalue weighted by molar-refractivity contribution is 7.96. The van der Waals surface area contributed by atoms with Gasteiger partial charge in [-0.3, -0.25) is 0 Å². The number of benzene rings is 4. The van der Waals surface area contributed by atoms with Gasteiger partial charge in [0.2, 0.25) is 0 Å². The zero-order valence-electron chi connectivity index (χ0n) is 18.2. The van der Waals surface area contributed by atoms with E-state index in [1.807, 2.05) is 121 Å². The zero-order valence-corrected chi connectivity index (χ0v) is 19.1. The lowest BCUT2D eigenvalue weighted by atomic mass is 10.2. The lowest BCUT2D eigenvalue weighted by Gasteiger charge is -2.31. The second-order valence-corrected chi connectivity index (χ2v) is 10.9. The number of carbonyl (C=O) groups excluding carboxylic acids is 1. The van der Waals surface area contributed by atoms with E-state index >= 15 is 0 Å². The molecule has 0 unspecified atom stereocenters. The molecule has 4 heteroatoms. The number of rotatable bonds is 7. The molecule has 4 aromatic carbocycles. The maximum atomic E-state index is 13.7. The lowest BCUT2D eigenvalue weighted by Crippen LogP contribution is -2.35. The Balaban J connectivity index is 2.04. The predicted molar refractivity (Wildman–Crippen MR) is 138 cm³/mol. The predicted octanol–water partition coefficient (Wildman–Crippen LogP) is 4.97. The molecule has 0 aliphatic carbocycles. The van der Waals surface area contributed by atoms with Crippen molar-refractivity contribution in [2.24, 2.45) is 0 Å². The lowest BCUT2D eigenvalue weighted by molar-refractivity contribution is -0.136. The van der Waals surface area contributed by atoms with Gasteiger partial charge in [-0.05, 0) is 28.4 Å². The van der Waals surface area contributed by atoms with Gasteiger partial charge in [-0.25, -0.2) is 4.79 Å². The number of aliphatic hydroxyl groups is 1. The third-order valence-corrected chi connectivity index (χ3v) is 9.78. The van der Waals surface area contributed by atoms with Gasteiger partial charge in [0.1, 0.15) is 17.7 Å². The van der Waals surface area contributed by atoms with Crippen molar-refractivity contribution in [2.75, 3.05) is 0 Å². The van der Waals surface area contributed by atoms with Crippen LogP contribution in [0.4, 0.5) is 0 Å². The number of hydrogen-bond donors (Lipinski definition) is 1. The minimum absolute atomic E-state index is 0.106. The molecule has 1 N–H and O–H groups in total. The highest BCUT2D eigenvalue weighted by Crippen LogP contribution is 2.47. The normalized spacial score (nSPS) is 10.9. The molecule has 0 aliphatic heterocycles. The second kappa shape index (κ2) is 10.2. The van der Waals surface area contributed by atoms with E-state index in [4.69, 9.17) is 4.74 Å². The Morgan fingerprint density at radius 3 is 1.39 bits per heavy atom. The Hall–Kier alpha value is -3.81. The zero-order chi connectivity index (χ0) is 23.1. The average Bonchev–Trinajstić information content (AvgIpc) is 2.88. The number of aliphatic hydroxyl groups excluding tert-OH is 1. The summed E-state index contributed by atoms with van der Waals surface area (Å²) >= 11 is 0. The van der Waals surface area contributed by atoms with Gasteiger partial charge < -0.3 is 9.84 Å². The number of ether oxygens (including phenoxy) is 1. The fourth-order valence-electron chi connectivity index (χ4n) is 4.03. The fourth-order valence-corrected chi connectivity index (χ4v) is 8.28. The molecule has 4 rings (SSSR count). The molecular weight excluding hydrogens is 427 g/mol. The van der Waals surface area contributed by atoms with Gasteiger partial charge in [-0.15, -0.1) is 0 Å². The molecule has 0 amide bonds. The van der Waals surface area contributed by atoms with Gasteiger partial charge in [-0.1, -0.05) is 128 Å². The quantitative estimate of drug-likeness (QED) is 0.245. The van der Waals surface area contributed by atoms with Crippen LogP contribution in [0, 0.1) is 0 Å². The van der Waals surface area contributed by atoms with E-state index in [9.17, 15) is 9.90 Å². The molecule has 0 saturated carbocycles. The summed E-state index contributed by atoms with van der Waals surface area (Å²) in [7, 11) is 0. The average molecular weight is 452 g/mol. The molecule has 0 spiro atoms. The van der Waals surface area contributed by atoms with Crippen LogP contribution in [0.2, 0.25) is 0 Å². The Bertz CT molecular complexity index is 1180. The van der Waals surface area contributed by atoms with E-state index in [1.54, 1.807) is 0 Å². The van der Waals surface area contributed by atoms with E-state index in [1.165, 1.54) is 0 Å². The highest BCUT2D eigenvalue weighted by atomic mass is 31.2. The molecule has 0 radical (unpaired) electrons. The van der Waals surface area contributed by atoms with Gasteiger partial charge in [-0.2, -0.15) is 0 Å². The largest absolute Gasteiger partial charge is 0.508 e. The van der Waals surface area contributed by atoms with Crippen LogP contribution in [0.5, 0.6) is 0 Å². The summed E-state index contributed by atoms with van der Waals surface area (Å²) in [4.78, 5) is 13.7. The Morgan fingerprint density at radius 2 is 1.03 bits per heavy atom. The maximum Gasteiger partial charge on any atom is 0.343 e. The van der Waals surface area contributed by atoms with Crippen LogP contribution >= 0.6 is 6.89 Å². The van der Waals surface area contributed by atoms with Crippen molar-refractivity contribution in [2.45, 2.75) is 6.61 Å². The summed E-state index contributed by atoms with van der Waals surface area (Å²) < 4.78 is 5.75. The van der Waals surface area contributed by atoms with Crippen LogP contribution in [0.25, 0.3) is 0 Å². The molecule has 33 heavy (non-hydrogen) atoms. The standard InChI is InChI=1S/C29H25O3P/c1-23(30)28(29(31)32-22-24-14-6-2-7-15-24)33(25-16-8-3-9-17-25,26-18-10-4-11-19-26)27-20-12-5-13-21-27/h2-21,30H,1,22H2. The fraction of sp³-hybridized carbons (Fsp3) is 0.0345. The van der Waals surface area contributed by atoms with Crippen LogP contribution in [0.3, 0.4) is 0 Å². The molecule has 0 fully saturated rings. The number of hydrogen-bond acceptors (Lipinski definition) is 3. The van der Waals surface area contributed by atoms with E-state index < -0.39 is 12.9 Å². The minimum atomic E-state index is -2.80. The van der Waals surface area contributed by atoms with E-state index in [0.29, 0.717) is 0 Å². The van der Waals surface area contributed by atoms with Crippen LogP contribution in [0.15, 0.2) is 134 Å². The molecule has 3 nitrogen and oxygen atoms in total. The van der Waals surface area contributed by atoms with Crippen molar-refractivity contribution in [3.8, 4) is 0 Å². The van der Waals surface area contributed by atoms with E-state index in [2.05, 4.69) is 6.58 Å². The Labute approximate surface area is 194 Å². The van der Waals surface area contributed by atoms with Crippen molar-refractivity contribution in [1.82, 2.24) is 0 Å². The van der Waals surface area contributed by atoms with Crippen molar-refractivity contribution < 1.29 is 14.6 Å². The first kappa shape index (κ1) is 22.4. The van der Waals surface area contributed by atoms with E-state index in [0.717, 1.165) is 21.5 Å². The van der Waals surface area contributed by atoms with Crippen molar-refractivity contribution in [1.29, 1.82) is 0 Å². The monoisotopic (exact) mass is 452 g/mol. The summed E-state index contributed by atoms with van der Waals surface area (Å²) in [5.41, 5.74) is 0.872. The van der Waals surface area contributed by atoms with Crippen molar-refractivity contribution in [3.05, 3.63) is 139 Å². The SMILES string of the molecule is C=C(O)C(C(=O)OCc1ccccc1)=P(c1ccccc1)(c1ccccc1)c1ccccc1. The van der Waals surface area contributed by atoms with Crippen LogP contribution in [-0.2, 0) is 16.1 Å². The molecule has 0 heterocycles. The molecule has 0 bridgehead atoms. The molecule has 0 aliphatic rings. The minimum Gasteiger partial charge on any atom is -0.508 e. The van der Waals surface area contributed by atoms with Crippen molar-refractivity contribution >= 4 is 34.1 Å². The summed E-state index contributed by atoms with van der Waals surface area (Å²) in [5, 5.41) is 13.9. The first-order valence-electron chi connectivity index (χ1n) is 10.7. The van der Waals surface area contributed by atoms with Crippen LogP contribution < -0.4 is 15.9 Å². The smallest absolute Gasteiger partial charge is 0.343 e. The summed E-state index contributed by atoms with van der Waals surface area (Å²) in [6, 6.07) is 39.0. The van der Waals surface area contributed by atoms with E-state index in [-0.39, 0.29) is 17.7 Å². The topological polar surface area (TPSA) is 46.5 Å². The Kier molecular flexibility index (Phi) is 6.92. The molecular formula is C29H25O3P. The third-order valence-electron chi connectivity index (χ3n) is 5.45. The Morgan fingerprint density at radius 1 is 0.667 bits per heavy atom. The van der Waals surface area contributed by atoms with Gasteiger partial charge in [0, 0.05) is 0 Å². The van der Waals surface area contributed by atoms with Gasteiger partial charge >= 0.3 is 5.97 Å². The molecule has 0 aromatic heterocycles. The summed E-state index contributed by atoms with van der Waals surface area (Å²) in [5.74, 6) is -0.853. The summed E-state index contributed by atoms with van der Waals surface area (Å²) in [6.45, 7) is 1.12. The third kappa shape index (κ3) is 4.55. The first-order chi connectivity index (χ1) is 16.1. The first-order valence-corrected chi connectivity index (χ1v) is 12.5. The van der Waals surface area contributed by atoms with Gasteiger partial charge in [0.25, 0.3) is 0 Å². The number of esters is 1. The molecule has 164 valence electrons. The van der Waals surface area contributed by atoms with Crippen LogP contribution in [0.1, 0.15) is 5.56 Å². The molecule has 0 atom stereocenters. The highest BCUT2D eigenvalue weighted by Gasteiger charge is 2.35. The maximum absolute atomic E-state index is 13.7. The van der Waals surface area contributed by atoms with Crippen LogP contribution in [-0.4, -0.2) is 16.4 Å². The van der Waals surface area contributed by atoms with Gasteiger partial charge in [0.05, 0.1) is 0 Å². The van der Waals surface area contributed by atoms with Crippen molar-refractivity contribution in [3.63, 3.8) is 0 Å².